The van der Waals surface area contributed by atoms with Crippen molar-refractivity contribution in [3.8, 4) is 0 Å². The van der Waals surface area contributed by atoms with E-state index in [-0.39, 0.29) is 0 Å². The van der Waals surface area contributed by atoms with Crippen LogP contribution >= 0.6 is 0 Å². The quantitative estimate of drug-likeness (QED) is 0.434. The van der Waals surface area contributed by atoms with Crippen LogP contribution in [0.3, 0.4) is 0 Å². The average molecular weight is 126 g/mol. The summed E-state index contributed by atoms with van der Waals surface area (Å²) < 4.78 is 0. The minimum absolute atomic E-state index is 0.501. The summed E-state index contributed by atoms with van der Waals surface area (Å²) in [5.41, 5.74) is 0. The highest BCUT2D eigenvalue weighted by Gasteiger charge is 2.16. The van der Waals surface area contributed by atoms with Crippen molar-refractivity contribution < 1.29 is 10.0 Å². The van der Waals surface area contributed by atoms with Gasteiger partial charge in [-0.1, -0.05) is 0 Å². The summed E-state index contributed by atoms with van der Waals surface area (Å²) in [6.07, 6.45) is 4.73. The molecule has 0 aromatic rings. The maximum absolute atomic E-state index is 8.53. The van der Waals surface area contributed by atoms with Crippen LogP contribution in [-0.4, -0.2) is 35.0 Å². The van der Waals surface area contributed by atoms with Gasteiger partial charge in [0.1, 0.15) is 0 Å². The highest BCUT2D eigenvalue weighted by Crippen LogP contribution is 1.91. The molecule has 0 aromatic carbocycles. The Morgan fingerprint density at radius 2 is 2.33 bits per heavy atom. The molecule has 1 rings (SSSR count). The summed E-state index contributed by atoms with van der Waals surface area (Å²) in [4.78, 5) is 4.97. The van der Waals surface area contributed by atoms with Crippen LogP contribution in [0.1, 0.15) is 0 Å². The third kappa shape index (κ3) is 1.55. The fourth-order valence-electron chi connectivity index (χ4n) is 0.555. The van der Waals surface area contributed by atoms with Crippen LogP contribution < -0.4 is 0 Å². The van der Waals surface area contributed by atoms with Crippen LogP contribution in [-0.2, 0) is 0 Å². The third-order valence-electron chi connectivity index (χ3n) is 1.02. The van der Waals surface area contributed by atoms with Gasteiger partial charge in [-0.3, -0.25) is 0 Å². The monoisotopic (exact) mass is 126 g/mol. The van der Waals surface area contributed by atoms with Gasteiger partial charge in [-0.15, -0.1) is 0 Å². The van der Waals surface area contributed by atoms with E-state index in [0.717, 1.165) is 0 Å². The van der Waals surface area contributed by atoms with Crippen molar-refractivity contribution in [2.24, 2.45) is 4.99 Å². The first-order chi connectivity index (χ1) is 4.30. The highest BCUT2D eigenvalue weighted by molar-refractivity contribution is 6.40. The van der Waals surface area contributed by atoms with Gasteiger partial charge in [-0.25, -0.2) is 4.99 Å². The molecule has 0 saturated heterocycles. The lowest BCUT2D eigenvalue weighted by atomic mass is 10.1. The number of aliphatic imine (C=N–C) groups is 1. The van der Waals surface area contributed by atoms with Crippen molar-refractivity contribution in [3.05, 3.63) is 12.3 Å². The molecular weight excluding hydrogens is 119 g/mol. The second-order valence-corrected chi connectivity index (χ2v) is 1.69. The molecule has 0 saturated carbocycles. The first-order valence-electron chi connectivity index (χ1n) is 2.61. The Hall–Kier alpha value is -0.805. The van der Waals surface area contributed by atoms with Gasteiger partial charge in [0.05, 0.1) is 6.34 Å². The normalized spacial score (nSPS) is 16.4. The van der Waals surface area contributed by atoms with Gasteiger partial charge >= 0.3 is 7.25 Å². The summed E-state index contributed by atoms with van der Waals surface area (Å²) >= 11 is 0. The van der Waals surface area contributed by atoms with Crippen molar-refractivity contribution in [1.82, 2.24) is 4.81 Å². The molecule has 0 radical (unpaired) electrons. The molecule has 0 amide bonds. The summed E-state index contributed by atoms with van der Waals surface area (Å²) in [7, 11) is -1.43. The first-order valence-corrected chi connectivity index (χ1v) is 2.61. The zero-order valence-electron chi connectivity index (χ0n) is 4.81. The summed E-state index contributed by atoms with van der Waals surface area (Å²) in [5, 5.41) is 17.1. The minimum atomic E-state index is -1.43. The molecule has 0 aliphatic carbocycles. The molecule has 0 spiro atoms. The van der Waals surface area contributed by atoms with E-state index in [1.54, 1.807) is 12.3 Å². The Morgan fingerprint density at radius 1 is 1.56 bits per heavy atom. The van der Waals surface area contributed by atoms with Crippen molar-refractivity contribution in [2.75, 3.05) is 6.54 Å². The van der Waals surface area contributed by atoms with Gasteiger partial charge in [0.15, 0.2) is 0 Å². The average Bonchev–Trinajstić information content (AvgIpc) is 1.90. The van der Waals surface area contributed by atoms with E-state index in [1.165, 1.54) is 11.1 Å². The predicted molar refractivity (Wildman–Crippen MR) is 34.5 cm³/mol. The molecule has 0 unspecified atom stereocenters. The second-order valence-electron chi connectivity index (χ2n) is 1.69. The highest BCUT2D eigenvalue weighted by atomic mass is 16.4. The third-order valence-corrected chi connectivity index (χ3v) is 1.02. The number of rotatable bonds is 1. The van der Waals surface area contributed by atoms with Crippen LogP contribution in [0.15, 0.2) is 17.3 Å². The topological polar surface area (TPSA) is 56.1 Å². The lowest BCUT2D eigenvalue weighted by molar-refractivity contribution is 0.342. The molecule has 0 bridgehead atoms. The Labute approximate surface area is 53.3 Å². The molecule has 2 N–H and O–H groups in total. The smallest absolute Gasteiger partial charge is 0.408 e. The van der Waals surface area contributed by atoms with E-state index >= 15 is 0 Å². The van der Waals surface area contributed by atoms with Crippen molar-refractivity contribution in [2.45, 2.75) is 0 Å². The fraction of sp³-hybridized carbons (Fsp3) is 0.250. The molecule has 0 aromatic heterocycles. The number of hydrogen-bond donors (Lipinski definition) is 2. The van der Waals surface area contributed by atoms with Gasteiger partial charge < -0.3 is 14.9 Å². The molecule has 0 fully saturated rings. The molecule has 0 atom stereocenters. The minimum Gasteiger partial charge on any atom is -0.408 e. The van der Waals surface area contributed by atoms with E-state index in [2.05, 4.69) is 4.99 Å². The maximum atomic E-state index is 8.53. The van der Waals surface area contributed by atoms with E-state index in [0.29, 0.717) is 6.54 Å². The second kappa shape index (κ2) is 2.66. The Kier molecular flexibility index (Phi) is 1.86. The van der Waals surface area contributed by atoms with Gasteiger partial charge in [0.25, 0.3) is 0 Å². The van der Waals surface area contributed by atoms with Crippen LogP contribution in [0.2, 0.25) is 0 Å². The van der Waals surface area contributed by atoms with E-state index in [9.17, 15) is 0 Å². The largest absolute Gasteiger partial charge is 0.588 e. The molecule has 5 heteroatoms. The van der Waals surface area contributed by atoms with Crippen LogP contribution in [0.25, 0.3) is 0 Å². The van der Waals surface area contributed by atoms with Crippen molar-refractivity contribution in [3.63, 3.8) is 0 Å². The van der Waals surface area contributed by atoms with Crippen molar-refractivity contribution in [1.29, 1.82) is 0 Å². The molecule has 1 aliphatic rings. The fourth-order valence-corrected chi connectivity index (χ4v) is 0.555. The summed E-state index contributed by atoms with van der Waals surface area (Å²) in [5.74, 6) is 0. The Bertz CT molecular complexity index is 146. The van der Waals surface area contributed by atoms with Gasteiger partial charge in [0, 0.05) is 12.7 Å². The van der Waals surface area contributed by atoms with E-state index in [1.807, 2.05) is 0 Å². The molecule has 1 aliphatic heterocycles. The zero-order valence-corrected chi connectivity index (χ0v) is 4.81. The lowest BCUT2D eigenvalue weighted by Crippen LogP contribution is -2.39. The lowest BCUT2D eigenvalue weighted by Gasteiger charge is -2.16. The zero-order chi connectivity index (χ0) is 6.69. The van der Waals surface area contributed by atoms with Crippen LogP contribution in [0.5, 0.6) is 0 Å². The molecule has 48 valence electrons. The molecule has 1 heterocycles. The van der Waals surface area contributed by atoms with E-state index < -0.39 is 7.25 Å². The van der Waals surface area contributed by atoms with Crippen LogP contribution in [0.4, 0.5) is 0 Å². The Morgan fingerprint density at radius 3 is 2.67 bits per heavy atom. The summed E-state index contributed by atoms with van der Waals surface area (Å²) in [6.45, 7) is 0.501. The standard InChI is InChI=1S/C4H7BN2O2/c8-5(9)7-3-1-2-6-4-7/h1-2,4,8-9H,3H2. The van der Waals surface area contributed by atoms with Crippen molar-refractivity contribution >= 4 is 13.6 Å². The summed E-state index contributed by atoms with van der Waals surface area (Å²) in [6, 6.07) is 0. The molecule has 4 nitrogen and oxygen atoms in total. The molecular formula is C4H7BN2O2. The van der Waals surface area contributed by atoms with Crippen LogP contribution in [0, 0.1) is 0 Å². The van der Waals surface area contributed by atoms with E-state index in [4.69, 9.17) is 10.0 Å². The van der Waals surface area contributed by atoms with Gasteiger partial charge in [-0.05, 0) is 6.08 Å². The molecule has 9 heavy (non-hydrogen) atoms. The Balaban J connectivity index is 2.46. The number of hydrogen-bond acceptors (Lipinski definition) is 4. The first kappa shape index (κ1) is 6.32. The number of nitrogens with zero attached hydrogens (tertiary/aromatic N) is 2. The van der Waals surface area contributed by atoms with Gasteiger partial charge in [0.2, 0.25) is 0 Å². The maximum Gasteiger partial charge on any atom is 0.588 e. The predicted octanol–water partition coefficient (Wildman–Crippen LogP) is -1.19. The SMILES string of the molecule is OB(O)N1C=NC=CC1. The van der Waals surface area contributed by atoms with Gasteiger partial charge in [-0.2, -0.15) is 0 Å².